The Hall–Kier alpha value is -0.870. The molecular formula is C26H43NO3. The number of aliphatic hydroxyl groups is 1. The number of hydrogen-bond acceptors (Lipinski definition) is 4. The van der Waals surface area contributed by atoms with Gasteiger partial charge >= 0.3 is 5.97 Å². The summed E-state index contributed by atoms with van der Waals surface area (Å²) < 4.78 is 6.15. The van der Waals surface area contributed by atoms with Crippen LogP contribution in [-0.2, 0) is 9.53 Å². The van der Waals surface area contributed by atoms with E-state index in [0.717, 1.165) is 57.9 Å². The number of carbonyl (C=O) groups is 1. The summed E-state index contributed by atoms with van der Waals surface area (Å²) in [6.45, 7) is 14.4. The van der Waals surface area contributed by atoms with Crippen molar-refractivity contribution in [2.75, 3.05) is 19.6 Å². The first-order valence-corrected chi connectivity index (χ1v) is 12.5. The second-order valence-corrected chi connectivity index (χ2v) is 11.4. The van der Waals surface area contributed by atoms with E-state index in [2.05, 4.69) is 25.3 Å². The third-order valence-electron chi connectivity index (χ3n) is 9.80. The van der Waals surface area contributed by atoms with Gasteiger partial charge in [0.2, 0.25) is 0 Å². The second kappa shape index (κ2) is 8.58. The average molecular weight is 418 g/mol. The van der Waals surface area contributed by atoms with Crippen LogP contribution in [0.15, 0.2) is 12.2 Å². The Labute approximate surface area is 183 Å². The predicted octanol–water partition coefficient (Wildman–Crippen LogP) is 4.95. The van der Waals surface area contributed by atoms with Crippen LogP contribution in [0.5, 0.6) is 0 Å². The maximum atomic E-state index is 12.2. The summed E-state index contributed by atoms with van der Waals surface area (Å²) >= 11 is 0. The third-order valence-corrected chi connectivity index (χ3v) is 9.80. The SMILES string of the molecule is C=C1CC[C@@H]2[C@H](OC(C)=O)[C@H]([C@@]3(C)CC[C@H](O)C[C@@H]3CCN3CCCC3)CC[C@]12C. The Morgan fingerprint density at radius 3 is 2.60 bits per heavy atom. The van der Waals surface area contributed by atoms with E-state index in [4.69, 9.17) is 4.74 Å². The molecule has 0 radical (unpaired) electrons. The van der Waals surface area contributed by atoms with Crippen molar-refractivity contribution in [1.29, 1.82) is 0 Å². The Balaban J connectivity index is 1.58. The standard InChI is InChI=1S/C26H43NO3/c1-18-7-8-22-24(30-19(2)28)23(10-13-25(18,22)3)26(4)12-9-21(29)17-20(26)11-16-27-14-5-6-15-27/h20-24,29H,1,5-17H2,2-4H3/t20-,21-,22+,23+,24-,25+,26-/m0/s1. The van der Waals surface area contributed by atoms with Crippen molar-refractivity contribution >= 4 is 5.97 Å². The highest BCUT2D eigenvalue weighted by atomic mass is 16.5. The zero-order valence-electron chi connectivity index (χ0n) is 19.5. The number of esters is 1. The van der Waals surface area contributed by atoms with Gasteiger partial charge in [0.25, 0.3) is 0 Å². The van der Waals surface area contributed by atoms with Gasteiger partial charge in [-0.2, -0.15) is 0 Å². The number of ether oxygens (including phenoxy) is 1. The molecule has 1 aliphatic heterocycles. The van der Waals surface area contributed by atoms with Crippen LogP contribution in [0.25, 0.3) is 0 Å². The van der Waals surface area contributed by atoms with Crippen molar-refractivity contribution in [2.45, 2.75) is 97.2 Å². The molecule has 0 unspecified atom stereocenters. The molecule has 4 nitrogen and oxygen atoms in total. The Morgan fingerprint density at radius 2 is 1.90 bits per heavy atom. The molecule has 3 aliphatic carbocycles. The normalized spacial score (nSPS) is 44.8. The minimum Gasteiger partial charge on any atom is -0.462 e. The molecule has 4 heteroatoms. The van der Waals surface area contributed by atoms with Gasteiger partial charge < -0.3 is 14.7 Å². The molecule has 30 heavy (non-hydrogen) atoms. The third kappa shape index (κ3) is 3.99. The fraction of sp³-hybridized carbons (Fsp3) is 0.885. The van der Waals surface area contributed by atoms with Crippen molar-refractivity contribution in [3.05, 3.63) is 12.2 Å². The molecule has 0 aromatic carbocycles. The molecule has 1 N–H and O–H groups in total. The number of likely N-dealkylation sites (tertiary alicyclic amines) is 1. The largest absolute Gasteiger partial charge is 0.462 e. The lowest BCUT2D eigenvalue weighted by Gasteiger charge is -2.56. The lowest BCUT2D eigenvalue weighted by molar-refractivity contribution is -0.173. The van der Waals surface area contributed by atoms with Crippen molar-refractivity contribution in [3.63, 3.8) is 0 Å². The molecule has 0 spiro atoms. The van der Waals surface area contributed by atoms with Gasteiger partial charge in [-0.1, -0.05) is 26.0 Å². The van der Waals surface area contributed by atoms with Gasteiger partial charge in [0.15, 0.2) is 0 Å². The number of rotatable bonds is 5. The van der Waals surface area contributed by atoms with Crippen LogP contribution in [0.2, 0.25) is 0 Å². The molecule has 1 saturated heterocycles. The molecule has 0 amide bonds. The zero-order valence-corrected chi connectivity index (χ0v) is 19.5. The second-order valence-electron chi connectivity index (χ2n) is 11.4. The van der Waals surface area contributed by atoms with Crippen molar-refractivity contribution < 1.29 is 14.6 Å². The minimum absolute atomic E-state index is 0.00460. The zero-order chi connectivity index (χ0) is 21.5. The number of aliphatic hydroxyl groups excluding tert-OH is 1. The smallest absolute Gasteiger partial charge is 0.302 e. The number of fused-ring (bicyclic) bond motifs is 1. The van der Waals surface area contributed by atoms with E-state index in [9.17, 15) is 9.90 Å². The summed E-state index contributed by atoms with van der Waals surface area (Å²) in [5, 5.41) is 10.5. The van der Waals surface area contributed by atoms with Gasteiger partial charge in [-0.3, -0.25) is 4.79 Å². The predicted molar refractivity (Wildman–Crippen MR) is 120 cm³/mol. The molecule has 0 aromatic rings. The van der Waals surface area contributed by atoms with Crippen LogP contribution in [0, 0.1) is 28.6 Å². The summed E-state index contributed by atoms with van der Waals surface area (Å²) in [7, 11) is 0. The van der Waals surface area contributed by atoms with Crippen LogP contribution in [0.3, 0.4) is 0 Å². The topological polar surface area (TPSA) is 49.8 Å². The molecular weight excluding hydrogens is 374 g/mol. The van der Waals surface area contributed by atoms with E-state index in [-0.39, 0.29) is 29.0 Å². The fourth-order valence-corrected chi connectivity index (χ4v) is 7.72. The number of allylic oxidation sites excluding steroid dienone is 1. The average Bonchev–Trinajstić information content (AvgIpc) is 3.31. The lowest BCUT2D eigenvalue weighted by atomic mass is 9.51. The summed E-state index contributed by atoms with van der Waals surface area (Å²) in [6, 6.07) is 0. The quantitative estimate of drug-likeness (QED) is 0.508. The van der Waals surface area contributed by atoms with Gasteiger partial charge in [0.05, 0.1) is 6.10 Å². The Bertz CT molecular complexity index is 657. The number of hydrogen-bond donors (Lipinski definition) is 1. The maximum absolute atomic E-state index is 12.2. The van der Waals surface area contributed by atoms with Crippen molar-refractivity contribution in [1.82, 2.24) is 4.90 Å². The van der Waals surface area contributed by atoms with Crippen molar-refractivity contribution in [3.8, 4) is 0 Å². The highest BCUT2D eigenvalue weighted by Crippen LogP contribution is 2.62. The van der Waals surface area contributed by atoms with E-state index in [0.29, 0.717) is 17.8 Å². The summed E-state index contributed by atoms with van der Waals surface area (Å²) in [4.78, 5) is 14.8. The van der Waals surface area contributed by atoms with Crippen LogP contribution in [0.1, 0.15) is 85.0 Å². The highest BCUT2D eigenvalue weighted by Gasteiger charge is 2.58. The molecule has 0 bridgehead atoms. The van der Waals surface area contributed by atoms with E-state index in [1.807, 2.05) is 0 Å². The number of carbonyl (C=O) groups excluding carboxylic acids is 1. The van der Waals surface area contributed by atoms with E-state index >= 15 is 0 Å². The Kier molecular flexibility index (Phi) is 6.38. The first-order chi connectivity index (χ1) is 14.2. The maximum Gasteiger partial charge on any atom is 0.302 e. The molecule has 170 valence electrons. The van der Waals surface area contributed by atoms with Crippen LogP contribution in [-0.4, -0.2) is 47.8 Å². The monoisotopic (exact) mass is 417 g/mol. The molecule has 0 aromatic heterocycles. The molecule has 1 heterocycles. The van der Waals surface area contributed by atoms with Crippen molar-refractivity contribution in [2.24, 2.45) is 28.6 Å². The first-order valence-electron chi connectivity index (χ1n) is 12.5. The molecule has 4 rings (SSSR count). The molecule has 4 aliphatic rings. The van der Waals surface area contributed by atoms with E-state index in [1.54, 1.807) is 6.92 Å². The van der Waals surface area contributed by atoms with Crippen LogP contribution in [0.4, 0.5) is 0 Å². The molecule has 7 atom stereocenters. The van der Waals surface area contributed by atoms with E-state index in [1.165, 1.54) is 31.5 Å². The summed E-state index contributed by atoms with van der Waals surface area (Å²) in [5.41, 5.74) is 1.61. The van der Waals surface area contributed by atoms with Crippen LogP contribution < -0.4 is 0 Å². The molecule has 3 saturated carbocycles. The lowest BCUT2D eigenvalue weighted by Crippen LogP contribution is -2.54. The first kappa shape index (κ1) is 22.3. The Morgan fingerprint density at radius 1 is 1.17 bits per heavy atom. The summed E-state index contributed by atoms with van der Waals surface area (Å²) in [5.74, 6) is 1.15. The van der Waals surface area contributed by atoms with Gasteiger partial charge in [0.1, 0.15) is 6.10 Å². The van der Waals surface area contributed by atoms with Gasteiger partial charge in [-0.25, -0.2) is 0 Å². The molecule has 4 fully saturated rings. The van der Waals surface area contributed by atoms with Gasteiger partial charge in [-0.15, -0.1) is 0 Å². The highest BCUT2D eigenvalue weighted by molar-refractivity contribution is 5.66. The fourth-order valence-electron chi connectivity index (χ4n) is 7.72. The van der Waals surface area contributed by atoms with E-state index < -0.39 is 0 Å². The van der Waals surface area contributed by atoms with Gasteiger partial charge in [-0.05, 0) is 101 Å². The van der Waals surface area contributed by atoms with Crippen LogP contribution >= 0.6 is 0 Å². The van der Waals surface area contributed by atoms with Gasteiger partial charge in [0, 0.05) is 18.8 Å². The number of nitrogens with zero attached hydrogens (tertiary/aromatic N) is 1. The minimum atomic E-state index is -0.172. The summed E-state index contributed by atoms with van der Waals surface area (Å²) in [6.07, 6.45) is 10.9.